The minimum atomic E-state index is -0.160. The van der Waals surface area contributed by atoms with Gasteiger partial charge in [0.1, 0.15) is 5.75 Å². The van der Waals surface area contributed by atoms with Crippen molar-refractivity contribution in [2.45, 2.75) is 12.5 Å². The lowest BCUT2D eigenvalue weighted by atomic mass is 10.0. The van der Waals surface area contributed by atoms with Crippen LogP contribution in [0.3, 0.4) is 0 Å². The summed E-state index contributed by atoms with van der Waals surface area (Å²) in [4.78, 5) is 4.27. The lowest BCUT2D eigenvalue weighted by Gasteiger charge is -2.15. The van der Waals surface area contributed by atoms with Gasteiger partial charge in [-0.3, -0.25) is 4.98 Å². The van der Waals surface area contributed by atoms with E-state index in [0.29, 0.717) is 17.2 Å². The van der Waals surface area contributed by atoms with Gasteiger partial charge in [0.05, 0.1) is 7.11 Å². The maximum atomic E-state index is 6.19. The van der Waals surface area contributed by atoms with Crippen LogP contribution in [-0.4, -0.2) is 12.1 Å². The monoisotopic (exact) mass is 262 g/mol. The van der Waals surface area contributed by atoms with Gasteiger partial charge in [0, 0.05) is 34.9 Å². The number of methoxy groups -OCH3 is 1. The molecule has 4 heteroatoms. The van der Waals surface area contributed by atoms with E-state index in [-0.39, 0.29) is 6.04 Å². The summed E-state index contributed by atoms with van der Waals surface area (Å²) in [6, 6.07) is 11.1. The van der Waals surface area contributed by atoms with E-state index in [1.54, 1.807) is 19.4 Å². The SMILES string of the molecule is COc1cc(Cl)ccc1C(N)Cc1ccccn1. The highest BCUT2D eigenvalue weighted by Gasteiger charge is 2.13. The summed E-state index contributed by atoms with van der Waals surface area (Å²) in [6.07, 6.45) is 2.43. The van der Waals surface area contributed by atoms with Crippen molar-refractivity contribution in [3.63, 3.8) is 0 Å². The van der Waals surface area contributed by atoms with Gasteiger partial charge in [0.2, 0.25) is 0 Å². The van der Waals surface area contributed by atoms with E-state index in [0.717, 1.165) is 11.3 Å². The van der Waals surface area contributed by atoms with Crippen molar-refractivity contribution in [2.75, 3.05) is 7.11 Å². The van der Waals surface area contributed by atoms with Gasteiger partial charge < -0.3 is 10.5 Å². The molecule has 2 N–H and O–H groups in total. The summed E-state index contributed by atoms with van der Waals surface area (Å²) in [5, 5.41) is 0.639. The number of halogens is 1. The second kappa shape index (κ2) is 5.85. The molecular weight excluding hydrogens is 248 g/mol. The fourth-order valence-electron chi connectivity index (χ4n) is 1.85. The van der Waals surface area contributed by atoms with E-state index in [2.05, 4.69) is 4.98 Å². The second-order valence-electron chi connectivity index (χ2n) is 4.02. The standard InChI is InChI=1S/C14H15ClN2O/c1-18-14-8-10(15)5-6-12(14)13(16)9-11-4-2-3-7-17-11/h2-8,13H,9,16H2,1H3. The van der Waals surface area contributed by atoms with Crippen molar-refractivity contribution >= 4 is 11.6 Å². The van der Waals surface area contributed by atoms with E-state index in [9.17, 15) is 0 Å². The number of rotatable bonds is 4. The first-order chi connectivity index (χ1) is 8.70. The lowest BCUT2D eigenvalue weighted by Crippen LogP contribution is -2.15. The third-order valence-corrected chi connectivity index (χ3v) is 2.99. The summed E-state index contributed by atoms with van der Waals surface area (Å²) in [5.41, 5.74) is 8.09. The summed E-state index contributed by atoms with van der Waals surface area (Å²) in [7, 11) is 1.61. The number of hydrogen-bond acceptors (Lipinski definition) is 3. The molecule has 94 valence electrons. The molecule has 1 unspecified atom stereocenters. The van der Waals surface area contributed by atoms with Crippen LogP contribution in [0, 0.1) is 0 Å². The first-order valence-electron chi connectivity index (χ1n) is 5.69. The fourth-order valence-corrected chi connectivity index (χ4v) is 2.01. The normalized spacial score (nSPS) is 12.2. The highest BCUT2D eigenvalue weighted by Crippen LogP contribution is 2.28. The molecule has 0 saturated carbocycles. The first-order valence-corrected chi connectivity index (χ1v) is 6.07. The molecule has 1 aromatic heterocycles. The zero-order valence-electron chi connectivity index (χ0n) is 10.1. The Bertz CT molecular complexity index is 516. The minimum Gasteiger partial charge on any atom is -0.496 e. The van der Waals surface area contributed by atoms with Gasteiger partial charge in [-0.05, 0) is 24.3 Å². The maximum Gasteiger partial charge on any atom is 0.125 e. The molecule has 0 spiro atoms. The predicted molar refractivity (Wildman–Crippen MR) is 72.9 cm³/mol. The average Bonchev–Trinajstić information content (AvgIpc) is 2.39. The smallest absolute Gasteiger partial charge is 0.125 e. The van der Waals surface area contributed by atoms with Crippen molar-refractivity contribution in [2.24, 2.45) is 5.73 Å². The molecule has 0 aliphatic carbocycles. The Morgan fingerprint density at radius 2 is 2.17 bits per heavy atom. The lowest BCUT2D eigenvalue weighted by molar-refractivity contribution is 0.405. The Hall–Kier alpha value is -1.58. The molecule has 2 rings (SSSR count). The number of aromatic nitrogens is 1. The Morgan fingerprint density at radius 3 is 2.83 bits per heavy atom. The topological polar surface area (TPSA) is 48.1 Å². The van der Waals surface area contributed by atoms with Crippen LogP contribution < -0.4 is 10.5 Å². The van der Waals surface area contributed by atoms with Crippen LogP contribution in [0.4, 0.5) is 0 Å². The summed E-state index contributed by atoms with van der Waals surface area (Å²) in [6.45, 7) is 0. The molecule has 0 aliphatic heterocycles. The molecule has 2 aromatic rings. The van der Waals surface area contributed by atoms with Crippen molar-refractivity contribution in [3.05, 3.63) is 58.9 Å². The van der Waals surface area contributed by atoms with Gasteiger partial charge in [-0.25, -0.2) is 0 Å². The number of benzene rings is 1. The number of nitrogens with zero attached hydrogens (tertiary/aromatic N) is 1. The second-order valence-corrected chi connectivity index (χ2v) is 4.45. The zero-order chi connectivity index (χ0) is 13.0. The Morgan fingerprint density at radius 1 is 1.33 bits per heavy atom. The Labute approximate surface area is 112 Å². The van der Waals surface area contributed by atoms with Crippen LogP contribution in [0.2, 0.25) is 5.02 Å². The number of hydrogen-bond donors (Lipinski definition) is 1. The molecule has 0 aliphatic rings. The molecular formula is C14H15ClN2O. The summed E-state index contributed by atoms with van der Waals surface area (Å²) in [5.74, 6) is 0.714. The highest BCUT2D eigenvalue weighted by atomic mass is 35.5. The number of ether oxygens (including phenoxy) is 1. The molecule has 3 nitrogen and oxygen atoms in total. The van der Waals surface area contributed by atoms with E-state index in [1.165, 1.54) is 0 Å². The van der Waals surface area contributed by atoms with E-state index in [1.807, 2.05) is 30.3 Å². The van der Waals surface area contributed by atoms with Gasteiger partial charge in [-0.15, -0.1) is 0 Å². The molecule has 1 atom stereocenters. The summed E-state index contributed by atoms with van der Waals surface area (Å²) >= 11 is 5.93. The summed E-state index contributed by atoms with van der Waals surface area (Å²) < 4.78 is 5.30. The number of nitrogens with two attached hydrogens (primary N) is 1. The third kappa shape index (κ3) is 3.00. The van der Waals surface area contributed by atoms with Crippen LogP contribution in [0.25, 0.3) is 0 Å². The number of pyridine rings is 1. The molecule has 0 saturated heterocycles. The van der Waals surface area contributed by atoms with Crippen molar-refractivity contribution in [1.29, 1.82) is 0 Å². The average molecular weight is 263 g/mol. The van der Waals surface area contributed by atoms with Crippen LogP contribution >= 0.6 is 11.6 Å². The van der Waals surface area contributed by atoms with E-state index >= 15 is 0 Å². The molecule has 1 aromatic carbocycles. The Kier molecular flexibility index (Phi) is 4.18. The van der Waals surface area contributed by atoms with Gasteiger partial charge in [0.15, 0.2) is 0 Å². The zero-order valence-corrected chi connectivity index (χ0v) is 10.9. The van der Waals surface area contributed by atoms with Gasteiger partial charge in [-0.2, -0.15) is 0 Å². The molecule has 1 heterocycles. The maximum absolute atomic E-state index is 6.19. The molecule has 0 radical (unpaired) electrons. The van der Waals surface area contributed by atoms with Crippen molar-refractivity contribution < 1.29 is 4.74 Å². The first kappa shape index (κ1) is 12.9. The van der Waals surface area contributed by atoms with Gasteiger partial charge in [0.25, 0.3) is 0 Å². The minimum absolute atomic E-state index is 0.160. The van der Waals surface area contributed by atoms with Crippen LogP contribution in [0.15, 0.2) is 42.6 Å². The quantitative estimate of drug-likeness (QED) is 0.922. The van der Waals surface area contributed by atoms with Gasteiger partial charge in [-0.1, -0.05) is 23.7 Å². The Balaban J connectivity index is 2.21. The fraction of sp³-hybridized carbons (Fsp3) is 0.214. The van der Waals surface area contributed by atoms with Gasteiger partial charge >= 0.3 is 0 Å². The van der Waals surface area contributed by atoms with E-state index in [4.69, 9.17) is 22.1 Å². The molecule has 0 amide bonds. The molecule has 0 fully saturated rings. The van der Waals surface area contributed by atoms with E-state index < -0.39 is 0 Å². The highest BCUT2D eigenvalue weighted by molar-refractivity contribution is 6.30. The predicted octanol–water partition coefficient (Wildman–Crippen LogP) is 2.99. The third-order valence-electron chi connectivity index (χ3n) is 2.75. The van der Waals surface area contributed by atoms with Crippen molar-refractivity contribution in [1.82, 2.24) is 4.98 Å². The van der Waals surface area contributed by atoms with Crippen LogP contribution in [0.1, 0.15) is 17.3 Å². The van der Waals surface area contributed by atoms with Crippen LogP contribution in [0.5, 0.6) is 5.75 Å². The van der Waals surface area contributed by atoms with Crippen molar-refractivity contribution in [3.8, 4) is 5.75 Å². The molecule has 18 heavy (non-hydrogen) atoms. The molecule has 0 bridgehead atoms. The largest absolute Gasteiger partial charge is 0.496 e. The van der Waals surface area contributed by atoms with Crippen LogP contribution in [-0.2, 0) is 6.42 Å².